The number of rotatable bonds is 6. The number of methoxy groups -OCH3 is 1. The summed E-state index contributed by atoms with van der Waals surface area (Å²) in [6, 6.07) is 18.8. The van der Waals surface area contributed by atoms with Crippen molar-refractivity contribution in [2.75, 3.05) is 7.11 Å². The molecule has 4 rings (SSSR count). The van der Waals surface area contributed by atoms with Crippen LogP contribution in [0.2, 0.25) is 0 Å². The molecule has 0 aliphatic rings. The number of fused-ring (bicyclic) bond motifs is 1. The Morgan fingerprint density at radius 3 is 2.63 bits per heavy atom. The SMILES string of the molecule is COc1ccc(-c2nnc([C@@H](C)OC(=O)/C=C/c3ccc4ccccc4n3)o2)cc1. The molecule has 0 saturated carbocycles. The van der Waals surface area contributed by atoms with Gasteiger partial charge in [0, 0.05) is 17.0 Å². The minimum absolute atomic E-state index is 0.214. The predicted molar refractivity (Wildman–Crippen MR) is 112 cm³/mol. The minimum Gasteiger partial charge on any atom is -0.497 e. The Morgan fingerprint density at radius 1 is 1.03 bits per heavy atom. The average Bonchev–Trinajstić information content (AvgIpc) is 3.28. The van der Waals surface area contributed by atoms with E-state index in [-0.39, 0.29) is 5.89 Å². The van der Waals surface area contributed by atoms with Crippen molar-refractivity contribution in [3.63, 3.8) is 0 Å². The van der Waals surface area contributed by atoms with Crippen LogP contribution in [0.4, 0.5) is 0 Å². The molecule has 2 aromatic heterocycles. The molecule has 1 atom stereocenters. The van der Waals surface area contributed by atoms with Crippen molar-refractivity contribution in [1.29, 1.82) is 0 Å². The summed E-state index contributed by atoms with van der Waals surface area (Å²) in [7, 11) is 1.60. The molecular weight excluding hydrogens is 382 g/mol. The third-order valence-electron chi connectivity index (χ3n) is 4.43. The van der Waals surface area contributed by atoms with Crippen molar-refractivity contribution >= 4 is 22.9 Å². The lowest BCUT2D eigenvalue weighted by atomic mass is 10.2. The average molecular weight is 401 g/mol. The minimum atomic E-state index is -0.689. The standard InChI is InChI=1S/C23H19N3O4/c1-15(22-25-26-23(30-22)17-8-12-19(28-2)13-9-17)29-21(27)14-11-18-10-7-16-5-3-4-6-20(16)24-18/h3-15H,1-2H3/b14-11+/t15-/m1/s1. The van der Waals surface area contributed by atoms with Crippen LogP contribution in [0.5, 0.6) is 5.75 Å². The van der Waals surface area contributed by atoms with E-state index in [2.05, 4.69) is 15.2 Å². The number of hydrogen-bond donors (Lipinski definition) is 0. The van der Waals surface area contributed by atoms with Gasteiger partial charge >= 0.3 is 5.97 Å². The molecule has 0 aliphatic heterocycles. The van der Waals surface area contributed by atoms with E-state index in [1.54, 1.807) is 32.2 Å². The molecule has 7 nitrogen and oxygen atoms in total. The number of pyridine rings is 1. The highest BCUT2D eigenvalue weighted by molar-refractivity contribution is 5.87. The lowest BCUT2D eigenvalue weighted by Crippen LogP contribution is -2.06. The van der Waals surface area contributed by atoms with Crippen LogP contribution < -0.4 is 4.74 Å². The summed E-state index contributed by atoms with van der Waals surface area (Å²) in [5.41, 5.74) is 2.27. The number of carbonyl (C=O) groups excluding carboxylic acids is 1. The fourth-order valence-corrected chi connectivity index (χ4v) is 2.84. The van der Waals surface area contributed by atoms with Gasteiger partial charge in [-0.25, -0.2) is 9.78 Å². The molecular formula is C23H19N3O4. The Kier molecular flexibility index (Phi) is 5.52. The first kappa shape index (κ1) is 19.3. The first-order chi connectivity index (χ1) is 14.6. The van der Waals surface area contributed by atoms with Gasteiger partial charge in [-0.15, -0.1) is 10.2 Å². The number of aromatic nitrogens is 3. The maximum absolute atomic E-state index is 12.2. The number of esters is 1. The fourth-order valence-electron chi connectivity index (χ4n) is 2.84. The zero-order chi connectivity index (χ0) is 20.9. The second kappa shape index (κ2) is 8.57. The normalized spacial score (nSPS) is 12.2. The second-order valence-corrected chi connectivity index (χ2v) is 6.52. The van der Waals surface area contributed by atoms with E-state index in [0.29, 0.717) is 11.6 Å². The first-order valence-electron chi connectivity index (χ1n) is 9.35. The maximum atomic E-state index is 12.2. The van der Waals surface area contributed by atoms with Gasteiger partial charge in [0.1, 0.15) is 5.75 Å². The lowest BCUT2D eigenvalue weighted by molar-refractivity contribution is -0.143. The van der Waals surface area contributed by atoms with Crippen molar-refractivity contribution in [2.45, 2.75) is 13.0 Å². The molecule has 0 N–H and O–H groups in total. The third kappa shape index (κ3) is 4.35. The van der Waals surface area contributed by atoms with Crippen LogP contribution in [-0.4, -0.2) is 28.3 Å². The predicted octanol–water partition coefficient (Wildman–Crippen LogP) is 4.61. The molecule has 0 spiro atoms. The van der Waals surface area contributed by atoms with Crippen molar-refractivity contribution < 1.29 is 18.7 Å². The van der Waals surface area contributed by atoms with Crippen LogP contribution in [0, 0.1) is 0 Å². The summed E-state index contributed by atoms with van der Waals surface area (Å²) < 4.78 is 16.1. The van der Waals surface area contributed by atoms with Crippen LogP contribution in [0.15, 0.2) is 71.2 Å². The molecule has 2 heterocycles. The topological polar surface area (TPSA) is 87.3 Å². The summed E-state index contributed by atoms with van der Waals surface area (Å²) in [5.74, 6) is 0.757. The van der Waals surface area contributed by atoms with E-state index in [0.717, 1.165) is 22.2 Å². The smallest absolute Gasteiger partial charge is 0.331 e. The molecule has 30 heavy (non-hydrogen) atoms. The number of carbonyl (C=O) groups is 1. The monoisotopic (exact) mass is 401 g/mol. The van der Waals surface area contributed by atoms with E-state index >= 15 is 0 Å². The second-order valence-electron chi connectivity index (χ2n) is 6.52. The van der Waals surface area contributed by atoms with Gasteiger partial charge in [0.05, 0.1) is 18.3 Å². The van der Waals surface area contributed by atoms with Crippen molar-refractivity contribution in [3.05, 3.63) is 78.3 Å². The van der Waals surface area contributed by atoms with E-state index in [1.807, 2.05) is 48.5 Å². The van der Waals surface area contributed by atoms with Gasteiger partial charge in [0.25, 0.3) is 5.89 Å². The van der Waals surface area contributed by atoms with E-state index in [1.165, 1.54) is 6.08 Å². The highest BCUT2D eigenvalue weighted by Crippen LogP contribution is 2.24. The van der Waals surface area contributed by atoms with Crippen LogP contribution >= 0.6 is 0 Å². The van der Waals surface area contributed by atoms with Crippen molar-refractivity contribution in [3.8, 4) is 17.2 Å². The molecule has 4 aromatic rings. The van der Waals surface area contributed by atoms with Gasteiger partial charge < -0.3 is 13.9 Å². The number of hydrogen-bond acceptors (Lipinski definition) is 7. The van der Waals surface area contributed by atoms with Crippen LogP contribution in [-0.2, 0) is 9.53 Å². The number of ether oxygens (including phenoxy) is 2. The molecule has 0 fully saturated rings. The number of nitrogens with zero attached hydrogens (tertiary/aromatic N) is 3. The molecule has 150 valence electrons. The van der Waals surface area contributed by atoms with Crippen LogP contribution in [0.1, 0.15) is 24.6 Å². The van der Waals surface area contributed by atoms with Gasteiger partial charge in [-0.05, 0) is 49.4 Å². The van der Waals surface area contributed by atoms with E-state index < -0.39 is 12.1 Å². The highest BCUT2D eigenvalue weighted by atomic mass is 16.6. The van der Waals surface area contributed by atoms with Crippen LogP contribution in [0.3, 0.4) is 0 Å². The summed E-state index contributed by atoms with van der Waals surface area (Å²) in [6.07, 6.45) is 2.25. The highest BCUT2D eigenvalue weighted by Gasteiger charge is 2.18. The third-order valence-corrected chi connectivity index (χ3v) is 4.43. The first-order valence-corrected chi connectivity index (χ1v) is 9.35. The summed E-state index contributed by atoms with van der Waals surface area (Å²) in [6.45, 7) is 1.67. The van der Waals surface area contributed by atoms with Crippen LogP contribution in [0.25, 0.3) is 28.4 Å². The van der Waals surface area contributed by atoms with Crippen molar-refractivity contribution in [1.82, 2.24) is 15.2 Å². The zero-order valence-electron chi connectivity index (χ0n) is 16.5. The Morgan fingerprint density at radius 2 is 1.83 bits per heavy atom. The Bertz CT molecular complexity index is 1200. The van der Waals surface area contributed by atoms with Gasteiger partial charge in [-0.1, -0.05) is 24.3 Å². The number of benzene rings is 2. The van der Waals surface area contributed by atoms with Gasteiger partial charge in [-0.2, -0.15) is 0 Å². The Balaban J connectivity index is 1.40. The summed E-state index contributed by atoms with van der Waals surface area (Å²) >= 11 is 0. The van der Waals surface area contributed by atoms with Crippen molar-refractivity contribution in [2.24, 2.45) is 0 Å². The lowest BCUT2D eigenvalue weighted by Gasteiger charge is -2.06. The molecule has 0 amide bonds. The molecule has 2 aromatic carbocycles. The Labute approximate surface area is 173 Å². The van der Waals surface area contributed by atoms with Gasteiger partial charge in [0.2, 0.25) is 5.89 Å². The number of para-hydroxylation sites is 1. The maximum Gasteiger partial charge on any atom is 0.331 e. The molecule has 0 saturated heterocycles. The molecule has 7 heteroatoms. The molecule has 0 unspecified atom stereocenters. The van der Waals surface area contributed by atoms with Gasteiger partial charge in [0.15, 0.2) is 6.10 Å². The quantitative estimate of drug-likeness (QED) is 0.344. The molecule has 0 aliphatic carbocycles. The molecule has 0 radical (unpaired) electrons. The largest absolute Gasteiger partial charge is 0.497 e. The Hall–Kier alpha value is -4.00. The van der Waals surface area contributed by atoms with E-state index in [9.17, 15) is 4.79 Å². The summed E-state index contributed by atoms with van der Waals surface area (Å²) in [5, 5.41) is 9.03. The fraction of sp³-hybridized carbons (Fsp3) is 0.130. The van der Waals surface area contributed by atoms with Gasteiger partial charge in [-0.3, -0.25) is 0 Å². The zero-order valence-corrected chi connectivity index (χ0v) is 16.5. The van der Waals surface area contributed by atoms with E-state index in [4.69, 9.17) is 13.9 Å². The summed E-state index contributed by atoms with van der Waals surface area (Å²) in [4.78, 5) is 16.7. The molecule has 0 bridgehead atoms.